The van der Waals surface area contributed by atoms with Crippen LogP contribution in [-0.2, 0) is 24.4 Å². The molecule has 0 aromatic rings. The molecule has 1 fully saturated rings. The van der Waals surface area contributed by atoms with E-state index in [1.165, 1.54) is 44.9 Å². The van der Waals surface area contributed by atoms with E-state index in [0.29, 0.717) is 6.54 Å². The van der Waals surface area contributed by atoms with Crippen LogP contribution in [0.2, 0.25) is 0 Å². The zero-order chi connectivity index (χ0) is 13.3. The molecular formula is C12H26NNaO4S2. The number of hydrogen-bond acceptors (Lipinski definition) is 5. The summed E-state index contributed by atoms with van der Waals surface area (Å²) in [7, 11) is -3.69. The van der Waals surface area contributed by atoms with Gasteiger partial charge in [0.1, 0.15) is 0 Å². The van der Waals surface area contributed by atoms with Gasteiger partial charge in [0.25, 0.3) is 0 Å². The van der Waals surface area contributed by atoms with Gasteiger partial charge in [0.2, 0.25) is 0 Å². The molecule has 0 bridgehead atoms. The van der Waals surface area contributed by atoms with E-state index in [2.05, 4.69) is 20.7 Å². The van der Waals surface area contributed by atoms with Gasteiger partial charge in [-0.05, 0) is 30.1 Å². The summed E-state index contributed by atoms with van der Waals surface area (Å²) >= 11 is 4.10. The number of nitrogens with one attached hydrogen (secondary N) is 1. The van der Waals surface area contributed by atoms with E-state index in [1.54, 1.807) is 0 Å². The summed E-state index contributed by atoms with van der Waals surface area (Å²) in [6.45, 7) is 1.60. The first-order valence-corrected chi connectivity index (χ1v) is 9.22. The molecule has 0 aromatic carbocycles. The maximum Gasteiger partial charge on any atom is 1.00 e. The van der Waals surface area contributed by atoms with Crippen molar-refractivity contribution < 1.29 is 48.0 Å². The summed E-state index contributed by atoms with van der Waals surface area (Å²) < 4.78 is 25.5. The average molecular weight is 335 g/mol. The molecule has 1 saturated carbocycles. The molecule has 1 rings (SSSR count). The normalized spacial score (nSPS) is 18.6. The quantitative estimate of drug-likeness (QED) is 0.401. The van der Waals surface area contributed by atoms with Gasteiger partial charge in [-0.1, -0.05) is 44.9 Å². The molecule has 116 valence electrons. The van der Waals surface area contributed by atoms with E-state index in [0.717, 1.165) is 18.9 Å². The van der Waals surface area contributed by atoms with Crippen molar-refractivity contribution in [2.24, 2.45) is 5.92 Å². The second kappa shape index (κ2) is 13.8. The van der Waals surface area contributed by atoms with Crippen molar-refractivity contribution in [1.29, 1.82) is 0 Å². The fraction of sp³-hybridized carbons (Fsp3) is 1.00. The molecule has 0 amide bonds. The van der Waals surface area contributed by atoms with Crippen LogP contribution < -0.4 is 34.9 Å². The Morgan fingerprint density at radius 3 is 2.45 bits per heavy atom. The minimum Gasteiger partial charge on any atom is -0.748 e. The van der Waals surface area contributed by atoms with Crippen molar-refractivity contribution in [3.05, 3.63) is 0 Å². The maximum absolute atomic E-state index is 10.5. The van der Waals surface area contributed by atoms with Crippen LogP contribution in [0, 0.1) is 5.92 Å². The van der Waals surface area contributed by atoms with Crippen LogP contribution in [0.1, 0.15) is 51.4 Å². The van der Waals surface area contributed by atoms with E-state index in [9.17, 15) is 8.76 Å². The predicted molar refractivity (Wildman–Crippen MR) is 79.1 cm³/mol. The van der Waals surface area contributed by atoms with Crippen LogP contribution in [-0.4, -0.2) is 33.9 Å². The Bertz CT molecular complexity index is 309. The first-order valence-electron chi connectivity index (χ1n) is 6.89. The monoisotopic (exact) mass is 335 g/mol. The summed E-state index contributed by atoms with van der Waals surface area (Å²) in [6.07, 6.45) is 10.8. The first-order chi connectivity index (χ1) is 8.58. The molecular weight excluding hydrogens is 309 g/mol. The Kier molecular flexibility index (Phi) is 16.3. The fourth-order valence-corrected chi connectivity index (χ4v) is 2.99. The van der Waals surface area contributed by atoms with Gasteiger partial charge in [0.15, 0.2) is 0 Å². The van der Waals surface area contributed by atoms with Crippen molar-refractivity contribution in [1.82, 2.24) is 5.32 Å². The summed E-state index contributed by atoms with van der Waals surface area (Å²) in [5.41, 5.74) is 0. The molecule has 0 heterocycles. The van der Waals surface area contributed by atoms with Crippen molar-refractivity contribution in [2.45, 2.75) is 51.4 Å². The molecule has 3 N–H and O–H groups in total. The van der Waals surface area contributed by atoms with Crippen LogP contribution in [0.3, 0.4) is 0 Å². The molecule has 5 nitrogen and oxygen atoms in total. The Labute approximate surface area is 149 Å². The van der Waals surface area contributed by atoms with Gasteiger partial charge in [0, 0.05) is 6.54 Å². The topological polar surface area (TPSA) is 92.9 Å². The van der Waals surface area contributed by atoms with Crippen LogP contribution in [0.15, 0.2) is 0 Å². The van der Waals surface area contributed by atoms with E-state index in [1.807, 2.05) is 0 Å². The van der Waals surface area contributed by atoms with Crippen molar-refractivity contribution in [3.8, 4) is 0 Å². The second-order valence-electron chi connectivity index (χ2n) is 4.98. The van der Waals surface area contributed by atoms with Crippen molar-refractivity contribution in [2.75, 3.05) is 19.7 Å². The maximum atomic E-state index is 10.5. The van der Waals surface area contributed by atoms with Gasteiger partial charge < -0.3 is 15.3 Å². The zero-order valence-electron chi connectivity index (χ0n) is 12.4. The van der Waals surface area contributed by atoms with Crippen molar-refractivity contribution in [3.63, 3.8) is 0 Å². The van der Waals surface area contributed by atoms with Crippen LogP contribution in [0.4, 0.5) is 0 Å². The zero-order valence-corrected chi connectivity index (χ0v) is 16.0. The molecule has 0 aromatic heterocycles. The van der Waals surface area contributed by atoms with E-state index in [4.69, 9.17) is 0 Å². The third-order valence-electron chi connectivity index (χ3n) is 3.45. The molecule has 1 unspecified atom stereocenters. The molecule has 0 spiro atoms. The molecule has 0 saturated heterocycles. The summed E-state index contributed by atoms with van der Waals surface area (Å²) in [4.78, 5) is 0. The SMILES string of the molecule is O.O=S([O-])(=S)OCCNCCCCC1CCCCC1.[Na+]. The van der Waals surface area contributed by atoms with Gasteiger partial charge >= 0.3 is 29.6 Å². The smallest absolute Gasteiger partial charge is 0.748 e. The predicted octanol–water partition coefficient (Wildman–Crippen LogP) is -1.69. The van der Waals surface area contributed by atoms with Gasteiger partial charge in [-0.25, -0.2) is 4.21 Å². The third-order valence-corrected chi connectivity index (χ3v) is 4.19. The number of hydrogen-bond donors (Lipinski definition) is 1. The number of unbranched alkanes of at least 4 members (excludes halogenated alkanes) is 1. The average Bonchev–Trinajstić information content (AvgIpc) is 2.32. The Morgan fingerprint density at radius 1 is 1.20 bits per heavy atom. The number of rotatable bonds is 9. The van der Waals surface area contributed by atoms with E-state index < -0.39 is 9.05 Å². The molecule has 1 aliphatic carbocycles. The molecule has 8 heteroatoms. The molecule has 20 heavy (non-hydrogen) atoms. The van der Waals surface area contributed by atoms with Gasteiger partial charge in [0.05, 0.1) is 15.7 Å². The molecule has 0 aliphatic heterocycles. The minimum absolute atomic E-state index is 0. The van der Waals surface area contributed by atoms with Gasteiger partial charge in [-0.3, -0.25) is 4.18 Å². The fourth-order valence-electron chi connectivity index (χ4n) is 2.50. The minimum atomic E-state index is -3.69. The standard InChI is InChI=1S/C12H25NO3S2.Na.H2O/c14-18(15,17)16-11-10-13-9-5-4-8-12-6-2-1-3-7-12;;/h12-13H,1-11H2,(H,14,15,17);;1H2/q;+1;/p-1. The summed E-state index contributed by atoms with van der Waals surface area (Å²) in [5, 5.41) is 3.16. The van der Waals surface area contributed by atoms with Crippen molar-refractivity contribution >= 4 is 20.2 Å². The Balaban J connectivity index is 0. The molecule has 0 radical (unpaired) electrons. The van der Waals surface area contributed by atoms with Gasteiger partial charge in [-0.2, -0.15) is 0 Å². The Hall–Kier alpha value is 1.21. The van der Waals surface area contributed by atoms with Crippen LogP contribution in [0.25, 0.3) is 0 Å². The molecule has 1 atom stereocenters. The largest absolute Gasteiger partial charge is 1.00 e. The van der Waals surface area contributed by atoms with E-state index >= 15 is 0 Å². The van der Waals surface area contributed by atoms with Crippen LogP contribution in [0.5, 0.6) is 0 Å². The third kappa shape index (κ3) is 14.2. The van der Waals surface area contributed by atoms with Crippen LogP contribution >= 0.6 is 0 Å². The summed E-state index contributed by atoms with van der Waals surface area (Å²) in [5.74, 6) is 0.951. The molecule has 1 aliphatic rings. The van der Waals surface area contributed by atoms with E-state index in [-0.39, 0.29) is 41.6 Å². The second-order valence-corrected chi connectivity index (χ2v) is 7.26. The van der Waals surface area contributed by atoms with Gasteiger partial charge in [-0.15, -0.1) is 0 Å². The summed E-state index contributed by atoms with van der Waals surface area (Å²) in [6, 6.07) is 0. The first kappa shape index (κ1) is 23.5. The Morgan fingerprint density at radius 2 is 1.85 bits per heavy atom.